The Bertz CT molecular complexity index is 680. The maximum atomic E-state index is 12.0. The molecule has 2 nitrogen and oxygen atoms in total. The zero-order valence-corrected chi connectivity index (χ0v) is 13.1. The summed E-state index contributed by atoms with van der Waals surface area (Å²) in [5.74, 6) is -0.193. The Balaban J connectivity index is 2.09. The van der Waals surface area contributed by atoms with E-state index in [0.29, 0.717) is 10.0 Å². The van der Waals surface area contributed by atoms with Gasteiger partial charge in [0.2, 0.25) is 5.91 Å². The van der Waals surface area contributed by atoms with Gasteiger partial charge in [-0.2, -0.15) is 0 Å². The Morgan fingerprint density at radius 3 is 2.67 bits per heavy atom. The summed E-state index contributed by atoms with van der Waals surface area (Å²) in [7, 11) is 0. The van der Waals surface area contributed by atoms with Crippen molar-refractivity contribution in [2.45, 2.75) is 13.3 Å². The van der Waals surface area contributed by atoms with E-state index in [2.05, 4.69) is 5.32 Å². The van der Waals surface area contributed by atoms with Gasteiger partial charge in [0.25, 0.3) is 0 Å². The number of halogens is 2. The predicted molar refractivity (Wildman–Crippen MR) is 89.9 cm³/mol. The molecule has 2 rings (SSSR count). The third-order valence-electron chi connectivity index (χ3n) is 3.03. The molecule has 0 atom stereocenters. The van der Waals surface area contributed by atoms with Crippen LogP contribution in [0.25, 0.3) is 6.08 Å². The van der Waals surface area contributed by atoms with Gasteiger partial charge in [-0.25, -0.2) is 0 Å². The molecule has 0 aliphatic rings. The molecule has 0 aliphatic carbocycles. The van der Waals surface area contributed by atoms with Crippen LogP contribution in [-0.4, -0.2) is 5.91 Å². The molecule has 0 bridgehead atoms. The quantitative estimate of drug-likeness (QED) is 0.770. The SMILES string of the molecule is CCc1ccccc1NC(=O)/C=C/c1ccc(Cl)cc1Cl. The van der Waals surface area contributed by atoms with Gasteiger partial charge >= 0.3 is 0 Å². The molecule has 4 heteroatoms. The maximum Gasteiger partial charge on any atom is 0.248 e. The summed E-state index contributed by atoms with van der Waals surface area (Å²) in [6, 6.07) is 12.9. The Kier molecular flexibility index (Phi) is 5.43. The summed E-state index contributed by atoms with van der Waals surface area (Å²) in [6.07, 6.45) is 3.99. The number of carbonyl (C=O) groups is 1. The highest BCUT2D eigenvalue weighted by atomic mass is 35.5. The zero-order chi connectivity index (χ0) is 15.2. The molecule has 0 fully saturated rings. The van der Waals surface area contributed by atoms with E-state index < -0.39 is 0 Å². The van der Waals surface area contributed by atoms with Gasteiger partial charge in [0, 0.05) is 21.8 Å². The van der Waals surface area contributed by atoms with E-state index in [1.165, 1.54) is 6.08 Å². The van der Waals surface area contributed by atoms with Crippen molar-refractivity contribution in [3.05, 3.63) is 69.7 Å². The van der Waals surface area contributed by atoms with Crippen molar-refractivity contribution in [3.63, 3.8) is 0 Å². The van der Waals surface area contributed by atoms with Crippen LogP contribution in [0.2, 0.25) is 10.0 Å². The third kappa shape index (κ3) is 4.35. The molecule has 0 aromatic heterocycles. The van der Waals surface area contributed by atoms with Crippen LogP contribution in [0.3, 0.4) is 0 Å². The predicted octanol–water partition coefficient (Wildman–Crippen LogP) is 5.21. The van der Waals surface area contributed by atoms with E-state index in [-0.39, 0.29) is 5.91 Å². The first-order chi connectivity index (χ1) is 10.1. The molecular weight excluding hydrogens is 305 g/mol. The van der Waals surface area contributed by atoms with Crippen molar-refractivity contribution >= 4 is 40.9 Å². The Morgan fingerprint density at radius 1 is 1.19 bits per heavy atom. The third-order valence-corrected chi connectivity index (χ3v) is 3.60. The van der Waals surface area contributed by atoms with Crippen LogP contribution < -0.4 is 5.32 Å². The van der Waals surface area contributed by atoms with Crippen LogP contribution in [0.4, 0.5) is 5.69 Å². The molecule has 0 heterocycles. The highest BCUT2D eigenvalue weighted by Crippen LogP contribution is 2.22. The topological polar surface area (TPSA) is 29.1 Å². The number of para-hydroxylation sites is 1. The summed E-state index contributed by atoms with van der Waals surface area (Å²) in [5.41, 5.74) is 2.68. The van der Waals surface area contributed by atoms with Gasteiger partial charge < -0.3 is 5.32 Å². The van der Waals surface area contributed by atoms with Gasteiger partial charge in [-0.05, 0) is 41.8 Å². The lowest BCUT2D eigenvalue weighted by Crippen LogP contribution is -2.09. The van der Waals surface area contributed by atoms with E-state index in [0.717, 1.165) is 23.2 Å². The molecule has 2 aromatic carbocycles. The Labute approximate surface area is 134 Å². The van der Waals surface area contributed by atoms with Gasteiger partial charge in [-0.3, -0.25) is 4.79 Å². The minimum absolute atomic E-state index is 0.193. The van der Waals surface area contributed by atoms with Crippen LogP contribution in [0.15, 0.2) is 48.5 Å². The van der Waals surface area contributed by atoms with Crippen molar-refractivity contribution < 1.29 is 4.79 Å². The van der Waals surface area contributed by atoms with E-state index >= 15 is 0 Å². The highest BCUT2D eigenvalue weighted by Gasteiger charge is 2.03. The largest absolute Gasteiger partial charge is 0.322 e. The molecule has 0 aliphatic heterocycles. The minimum atomic E-state index is -0.193. The molecule has 0 radical (unpaired) electrons. The average Bonchev–Trinajstić information content (AvgIpc) is 2.47. The molecule has 2 aromatic rings. The molecule has 1 N–H and O–H groups in total. The number of nitrogens with one attached hydrogen (secondary N) is 1. The Hall–Kier alpha value is -1.77. The van der Waals surface area contributed by atoms with Crippen LogP contribution >= 0.6 is 23.2 Å². The fraction of sp³-hybridized carbons (Fsp3) is 0.118. The number of hydrogen-bond donors (Lipinski definition) is 1. The lowest BCUT2D eigenvalue weighted by atomic mass is 10.1. The summed E-state index contributed by atoms with van der Waals surface area (Å²) >= 11 is 11.9. The van der Waals surface area contributed by atoms with Gasteiger partial charge in [-0.1, -0.05) is 54.4 Å². The van der Waals surface area contributed by atoms with Crippen LogP contribution in [0.5, 0.6) is 0 Å². The average molecular weight is 320 g/mol. The fourth-order valence-corrected chi connectivity index (χ4v) is 2.40. The first-order valence-corrected chi connectivity index (χ1v) is 7.37. The number of hydrogen-bond acceptors (Lipinski definition) is 1. The smallest absolute Gasteiger partial charge is 0.248 e. The van der Waals surface area contributed by atoms with Crippen LogP contribution in [0, 0.1) is 0 Å². The van der Waals surface area contributed by atoms with Crippen molar-refractivity contribution in [2.24, 2.45) is 0 Å². The normalized spacial score (nSPS) is 10.8. The number of anilines is 1. The summed E-state index contributed by atoms with van der Waals surface area (Å²) < 4.78 is 0. The van der Waals surface area contributed by atoms with E-state index in [9.17, 15) is 4.79 Å². The molecule has 21 heavy (non-hydrogen) atoms. The summed E-state index contributed by atoms with van der Waals surface area (Å²) in [4.78, 5) is 12.0. The number of benzene rings is 2. The van der Waals surface area contributed by atoms with E-state index in [1.807, 2.05) is 31.2 Å². The number of carbonyl (C=O) groups excluding carboxylic acids is 1. The van der Waals surface area contributed by atoms with E-state index in [1.54, 1.807) is 24.3 Å². The fourth-order valence-electron chi connectivity index (χ4n) is 1.93. The Morgan fingerprint density at radius 2 is 1.95 bits per heavy atom. The molecule has 0 unspecified atom stereocenters. The lowest BCUT2D eigenvalue weighted by molar-refractivity contribution is -0.111. The second-order valence-electron chi connectivity index (χ2n) is 4.50. The molecule has 0 spiro atoms. The second kappa shape index (κ2) is 7.30. The van der Waals surface area contributed by atoms with Crippen molar-refractivity contribution in [1.29, 1.82) is 0 Å². The monoisotopic (exact) mass is 319 g/mol. The first kappa shape index (κ1) is 15.6. The van der Waals surface area contributed by atoms with Crippen molar-refractivity contribution in [2.75, 3.05) is 5.32 Å². The second-order valence-corrected chi connectivity index (χ2v) is 5.34. The standard InChI is InChI=1S/C17H15Cl2NO/c1-2-12-5-3-4-6-16(12)20-17(21)10-8-13-7-9-14(18)11-15(13)19/h3-11H,2H2,1H3,(H,20,21)/b10-8+. The first-order valence-electron chi connectivity index (χ1n) is 6.62. The molecule has 0 saturated carbocycles. The summed E-state index contributed by atoms with van der Waals surface area (Å²) in [6.45, 7) is 2.05. The van der Waals surface area contributed by atoms with Gasteiger partial charge in [0.05, 0.1) is 0 Å². The minimum Gasteiger partial charge on any atom is -0.322 e. The molecular formula is C17H15Cl2NO. The van der Waals surface area contributed by atoms with Crippen molar-refractivity contribution in [3.8, 4) is 0 Å². The lowest BCUT2D eigenvalue weighted by Gasteiger charge is -2.07. The maximum absolute atomic E-state index is 12.0. The zero-order valence-electron chi connectivity index (χ0n) is 11.6. The van der Waals surface area contributed by atoms with Gasteiger partial charge in [-0.15, -0.1) is 0 Å². The number of amides is 1. The summed E-state index contributed by atoms with van der Waals surface area (Å²) in [5, 5.41) is 3.95. The van der Waals surface area contributed by atoms with Gasteiger partial charge in [0.1, 0.15) is 0 Å². The molecule has 108 valence electrons. The van der Waals surface area contributed by atoms with Crippen molar-refractivity contribution in [1.82, 2.24) is 0 Å². The molecule has 1 amide bonds. The van der Waals surface area contributed by atoms with Crippen LogP contribution in [0.1, 0.15) is 18.1 Å². The van der Waals surface area contributed by atoms with E-state index in [4.69, 9.17) is 23.2 Å². The number of aryl methyl sites for hydroxylation is 1. The van der Waals surface area contributed by atoms with Crippen LogP contribution in [-0.2, 0) is 11.2 Å². The highest BCUT2D eigenvalue weighted by molar-refractivity contribution is 6.35. The number of rotatable bonds is 4. The molecule has 0 saturated heterocycles. The van der Waals surface area contributed by atoms with Gasteiger partial charge in [0.15, 0.2) is 0 Å².